The molecular weight excluding hydrogens is 269 g/mol. The van der Waals surface area contributed by atoms with Crippen molar-refractivity contribution >= 4 is 34.8 Å². The molecule has 0 spiro atoms. The van der Waals surface area contributed by atoms with Crippen molar-refractivity contribution in [2.75, 3.05) is 5.32 Å². The maximum absolute atomic E-state index is 11.9. The molecule has 0 saturated carbocycles. The summed E-state index contributed by atoms with van der Waals surface area (Å²) in [5, 5.41) is 3.42. The number of anilines is 1. The van der Waals surface area contributed by atoms with Crippen LogP contribution in [0.15, 0.2) is 48.5 Å². The maximum atomic E-state index is 11.9. The van der Waals surface area contributed by atoms with E-state index >= 15 is 0 Å². The Kier molecular flexibility index (Phi) is 4.24. The minimum Gasteiger partial charge on any atom is -0.322 e. The van der Waals surface area contributed by atoms with Gasteiger partial charge in [0.2, 0.25) is 0 Å². The first kappa shape index (κ1) is 12.9. The summed E-state index contributed by atoms with van der Waals surface area (Å²) in [4.78, 5) is 11.9. The zero-order valence-electron chi connectivity index (χ0n) is 9.49. The van der Waals surface area contributed by atoms with E-state index in [0.29, 0.717) is 16.5 Å². The lowest BCUT2D eigenvalue weighted by Crippen LogP contribution is -2.11. The number of rotatable bonds is 3. The van der Waals surface area contributed by atoms with Crippen LogP contribution < -0.4 is 5.32 Å². The van der Waals surface area contributed by atoms with Gasteiger partial charge in [0.15, 0.2) is 0 Å². The molecule has 2 nitrogen and oxygen atoms in total. The molecule has 2 aromatic carbocycles. The van der Waals surface area contributed by atoms with E-state index in [1.165, 1.54) is 0 Å². The van der Waals surface area contributed by atoms with E-state index < -0.39 is 0 Å². The van der Waals surface area contributed by atoms with Gasteiger partial charge in [-0.1, -0.05) is 23.7 Å². The van der Waals surface area contributed by atoms with Gasteiger partial charge in [0.1, 0.15) is 0 Å². The molecule has 0 aromatic heterocycles. The summed E-state index contributed by atoms with van der Waals surface area (Å²) < 4.78 is 0. The van der Waals surface area contributed by atoms with Gasteiger partial charge < -0.3 is 5.32 Å². The van der Waals surface area contributed by atoms with E-state index in [4.69, 9.17) is 23.2 Å². The predicted octanol–water partition coefficient (Wildman–Crippen LogP) is 4.33. The number of amides is 1. The van der Waals surface area contributed by atoms with Crippen molar-refractivity contribution in [2.24, 2.45) is 0 Å². The summed E-state index contributed by atoms with van der Waals surface area (Å²) in [5.41, 5.74) is 2.26. The molecule has 2 aromatic rings. The third-order valence-corrected chi connectivity index (χ3v) is 3.01. The molecule has 4 heteroatoms. The Hall–Kier alpha value is -1.51. The summed E-state index contributed by atoms with van der Waals surface area (Å²) in [5.74, 6) is 0.253. The van der Waals surface area contributed by atoms with Crippen molar-refractivity contribution < 1.29 is 4.79 Å². The van der Waals surface area contributed by atoms with E-state index in [1.54, 1.807) is 24.3 Å². The van der Waals surface area contributed by atoms with Crippen molar-refractivity contribution in [1.29, 1.82) is 0 Å². The molecule has 2 rings (SSSR count). The van der Waals surface area contributed by atoms with Gasteiger partial charge in [-0.2, -0.15) is 0 Å². The van der Waals surface area contributed by atoms with Gasteiger partial charge in [0.05, 0.1) is 0 Å². The highest BCUT2D eigenvalue weighted by Gasteiger charge is 2.05. The molecule has 1 N–H and O–H groups in total. The topological polar surface area (TPSA) is 29.1 Å². The van der Waals surface area contributed by atoms with Crippen LogP contribution in [0.25, 0.3) is 0 Å². The number of hydrogen-bond acceptors (Lipinski definition) is 1. The fraction of sp³-hybridized carbons (Fsp3) is 0.0714. The van der Waals surface area contributed by atoms with Crippen LogP contribution in [-0.2, 0) is 5.88 Å². The molecule has 0 fully saturated rings. The van der Waals surface area contributed by atoms with Crippen molar-refractivity contribution in [3.8, 4) is 0 Å². The smallest absolute Gasteiger partial charge is 0.255 e. The highest BCUT2D eigenvalue weighted by atomic mass is 35.5. The Balaban J connectivity index is 2.13. The third-order valence-electron chi connectivity index (χ3n) is 2.45. The first-order valence-corrected chi connectivity index (χ1v) is 6.32. The second kappa shape index (κ2) is 5.89. The molecule has 0 aliphatic heterocycles. The van der Waals surface area contributed by atoms with Crippen LogP contribution in [0, 0.1) is 0 Å². The first-order chi connectivity index (χ1) is 8.69. The number of carbonyl (C=O) groups is 1. The van der Waals surface area contributed by atoms with Crippen LogP contribution >= 0.6 is 23.2 Å². The fourth-order valence-electron chi connectivity index (χ4n) is 1.54. The summed E-state index contributed by atoms with van der Waals surface area (Å²) in [6.45, 7) is 0. The van der Waals surface area contributed by atoms with E-state index in [0.717, 1.165) is 11.3 Å². The molecule has 18 heavy (non-hydrogen) atoms. The van der Waals surface area contributed by atoms with Crippen LogP contribution in [-0.4, -0.2) is 5.91 Å². The number of hydrogen-bond donors (Lipinski definition) is 1. The average molecular weight is 280 g/mol. The molecule has 92 valence electrons. The Bertz CT molecular complexity index is 552. The summed E-state index contributed by atoms with van der Waals surface area (Å²) in [7, 11) is 0. The SMILES string of the molecule is O=C(Nc1cccc(CCl)c1)c1ccc(Cl)cc1. The molecule has 0 saturated heterocycles. The summed E-state index contributed by atoms with van der Waals surface area (Å²) in [6, 6.07) is 14.2. The number of carbonyl (C=O) groups excluding carboxylic acids is 1. The molecule has 0 unspecified atom stereocenters. The Labute approximate surface area is 116 Å². The summed E-state index contributed by atoms with van der Waals surface area (Å²) >= 11 is 11.5. The monoisotopic (exact) mass is 279 g/mol. The normalized spacial score (nSPS) is 10.1. The average Bonchev–Trinajstić information content (AvgIpc) is 2.39. The standard InChI is InChI=1S/C14H11Cl2NO/c15-9-10-2-1-3-13(8-10)17-14(18)11-4-6-12(16)7-5-11/h1-8H,9H2,(H,17,18). The molecular formula is C14H11Cl2NO. The second-order valence-corrected chi connectivity index (χ2v) is 4.50. The van der Waals surface area contributed by atoms with E-state index in [9.17, 15) is 4.79 Å². The fourth-order valence-corrected chi connectivity index (χ4v) is 1.83. The molecule has 0 aliphatic rings. The van der Waals surface area contributed by atoms with Crippen LogP contribution in [0.5, 0.6) is 0 Å². The molecule has 0 atom stereocenters. The van der Waals surface area contributed by atoms with Crippen molar-refractivity contribution in [3.05, 3.63) is 64.7 Å². The van der Waals surface area contributed by atoms with Crippen LogP contribution in [0.4, 0.5) is 5.69 Å². The van der Waals surface area contributed by atoms with E-state index in [-0.39, 0.29) is 5.91 Å². The minimum atomic E-state index is -0.168. The molecule has 0 radical (unpaired) electrons. The quantitative estimate of drug-likeness (QED) is 0.833. The number of benzene rings is 2. The number of halogens is 2. The van der Waals surface area contributed by atoms with E-state index in [2.05, 4.69) is 5.32 Å². The van der Waals surface area contributed by atoms with Gasteiger partial charge in [-0.15, -0.1) is 11.6 Å². The first-order valence-electron chi connectivity index (χ1n) is 5.41. The lowest BCUT2D eigenvalue weighted by atomic mass is 10.2. The van der Waals surface area contributed by atoms with Gasteiger partial charge in [0, 0.05) is 22.2 Å². The molecule has 0 bridgehead atoms. The zero-order chi connectivity index (χ0) is 13.0. The third kappa shape index (κ3) is 3.25. The number of alkyl halides is 1. The minimum absolute atomic E-state index is 0.168. The second-order valence-electron chi connectivity index (χ2n) is 3.80. The Morgan fingerprint density at radius 2 is 1.83 bits per heavy atom. The Morgan fingerprint density at radius 3 is 2.50 bits per heavy atom. The van der Waals surface area contributed by atoms with Gasteiger partial charge in [-0.3, -0.25) is 4.79 Å². The molecule has 1 amide bonds. The van der Waals surface area contributed by atoms with Crippen LogP contribution in [0.3, 0.4) is 0 Å². The maximum Gasteiger partial charge on any atom is 0.255 e. The molecule has 0 aliphatic carbocycles. The zero-order valence-corrected chi connectivity index (χ0v) is 11.0. The van der Waals surface area contributed by atoms with Crippen LogP contribution in [0.1, 0.15) is 15.9 Å². The van der Waals surface area contributed by atoms with Crippen molar-refractivity contribution in [1.82, 2.24) is 0 Å². The highest BCUT2D eigenvalue weighted by molar-refractivity contribution is 6.30. The van der Waals surface area contributed by atoms with Gasteiger partial charge in [-0.25, -0.2) is 0 Å². The van der Waals surface area contributed by atoms with Crippen molar-refractivity contribution in [3.63, 3.8) is 0 Å². The van der Waals surface area contributed by atoms with Gasteiger partial charge in [-0.05, 0) is 42.0 Å². The van der Waals surface area contributed by atoms with Crippen LogP contribution in [0.2, 0.25) is 5.02 Å². The lowest BCUT2D eigenvalue weighted by Gasteiger charge is -2.06. The van der Waals surface area contributed by atoms with Gasteiger partial charge in [0.25, 0.3) is 5.91 Å². The largest absolute Gasteiger partial charge is 0.322 e. The number of nitrogens with one attached hydrogen (secondary N) is 1. The van der Waals surface area contributed by atoms with Crippen molar-refractivity contribution in [2.45, 2.75) is 5.88 Å². The summed E-state index contributed by atoms with van der Waals surface area (Å²) in [6.07, 6.45) is 0. The predicted molar refractivity (Wildman–Crippen MR) is 75.4 cm³/mol. The molecule has 0 heterocycles. The lowest BCUT2D eigenvalue weighted by molar-refractivity contribution is 0.102. The highest BCUT2D eigenvalue weighted by Crippen LogP contribution is 2.15. The van der Waals surface area contributed by atoms with Gasteiger partial charge >= 0.3 is 0 Å². The Morgan fingerprint density at radius 1 is 1.11 bits per heavy atom. The van der Waals surface area contributed by atoms with E-state index in [1.807, 2.05) is 24.3 Å².